The number of hydrogen-bond donors (Lipinski definition) is 1. The Morgan fingerprint density at radius 3 is 2.74 bits per heavy atom. The normalized spacial score (nSPS) is 13.7. The van der Waals surface area contributed by atoms with Crippen LogP contribution in [-0.4, -0.2) is 34.9 Å². The van der Waals surface area contributed by atoms with Crippen LogP contribution >= 0.6 is 23.1 Å². The molecule has 0 spiro atoms. The van der Waals surface area contributed by atoms with Crippen LogP contribution in [0.2, 0.25) is 0 Å². The molecule has 6 nitrogen and oxygen atoms in total. The summed E-state index contributed by atoms with van der Waals surface area (Å²) in [6.07, 6.45) is 1.52. The van der Waals surface area contributed by atoms with E-state index in [0.29, 0.717) is 0 Å². The number of methoxy groups -OCH3 is 1. The third kappa shape index (κ3) is 5.38. The van der Waals surface area contributed by atoms with Crippen molar-refractivity contribution in [2.45, 2.75) is 28.9 Å². The molecule has 19 heavy (non-hydrogen) atoms. The van der Waals surface area contributed by atoms with Crippen LogP contribution in [0.5, 0.6) is 0 Å². The number of thiophene rings is 1. The Hall–Kier alpha value is -0.160. The summed E-state index contributed by atoms with van der Waals surface area (Å²) in [4.78, 5) is 1.65. The van der Waals surface area contributed by atoms with Gasteiger partial charge in [-0.15, -0.1) is 23.1 Å². The van der Waals surface area contributed by atoms with Crippen LogP contribution in [0.3, 0.4) is 0 Å². The molecule has 1 heterocycles. The molecular weight excluding hydrogens is 310 g/mol. The second-order valence-corrected chi connectivity index (χ2v) is 7.31. The van der Waals surface area contributed by atoms with Crippen molar-refractivity contribution in [2.75, 3.05) is 20.2 Å². The van der Waals surface area contributed by atoms with Crippen LogP contribution in [0.4, 0.5) is 0 Å². The van der Waals surface area contributed by atoms with Crippen molar-refractivity contribution >= 4 is 33.1 Å². The van der Waals surface area contributed by atoms with Crippen molar-refractivity contribution in [3.05, 3.63) is 10.9 Å². The number of hydrogen-bond acceptors (Lipinski definition) is 7. The maximum atomic E-state index is 11.3. The van der Waals surface area contributed by atoms with Gasteiger partial charge in [-0.25, -0.2) is 13.6 Å². The maximum Gasteiger partial charge on any atom is 0.247 e. The lowest BCUT2D eigenvalue weighted by Gasteiger charge is -2.10. The largest absolute Gasteiger partial charge is 0.356 e. The summed E-state index contributed by atoms with van der Waals surface area (Å²) < 4.78 is 38.1. The lowest BCUT2D eigenvalue weighted by molar-refractivity contribution is -0.177. The summed E-state index contributed by atoms with van der Waals surface area (Å²) in [5.74, 6) is 0. The van der Waals surface area contributed by atoms with Crippen LogP contribution in [-0.2, 0) is 30.8 Å². The Kier molecular flexibility index (Phi) is 6.74. The van der Waals surface area contributed by atoms with E-state index in [0.717, 1.165) is 21.1 Å². The van der Waals surface area contributed by atoms with Gasteiger partial charge in [-0.3, -0.25) is 0 Å². The van der Waals surface area contributed by atoms with E-state index < -0.39 is 10.0 Å². The van der Waals surface area contributed by atoms with E-state index in [1.54, 1.807) is 13.0 Å². The predicted octanol–water partition coefficient (Wildman–Crippen LogP) is 1.60. The Bertz CT molecular complexity index is 499. The first-order valence-electron chi connectivity index (χ1n) is 5.30. The third-order valence-corrected chi connectivity index (χ3v) is 5.66. The summed E-state index contributed by atoms with van der Waals surface area (Å²) in [5.41, 5.74) is 0. The average molecular weight is 327 g/mol. The van der Waals surface area contributed by atoms with E-state index in [1.807, 2.05) is 6.26 Å². The first kappa shape index (κ1) is 16.9. The van der Waals surface area contributed by atoms with E-state index in [-0.39, 0.29) is 23.9 Å². The lowest BCUT2D eigenvalue weighted by Crippen LogP contribution is -2.12. The van der Waals surface area contributed by atoms with E-state index in [9.17, 15) is 8.42 Å². The van der Waals surface area contributed by atoms with Gasteiger partial charge in [0.05, 0.1) is 6.61 Å². The molecule has 1 unspecified atom stereocenters. The highest BCUT2D eigenvalue weighted by molar-refractivity contribution is 7.99. The molecule has 0 saturated carbocycles. The molecule has 0 radical (unpaired) electrons. The fourth-order valence-electron chi connectivity index (χ4n) is 1.15. The van der Waals surface area contributed by atoms with Gasteiger partial charge >= 0.3 is 0 Å². The number of thioether (sulfide) groups is 1. The van der Waals surface area contributed by atoms with Crippen LogP contribution in [0, 0.1) is 0 Å². The van der Waals surface area contributed by atoms with Crippen molar-refractivity contribution in [2.24, 2.45) is 5.14 Å². The predicted molar refractivity (Wildman–Crippen MR) is 74.7 cm³/mol. The minimum atomic E-state index is -3.66. The first-order valence-corrected chi connectivity index (χ1v) is 8.89. The number of nitrogens with two attached hydrogens (primary N) is 1. The molecule has 1 atom stereocenters. The molecule has 110 valence electrons. The van der Waals surface area contributed by atoms with E-state index in [1.165, 1.54) is 18.9 Å². The average Bonchev–Trinajstić information content (AvgIpc) is 2.77. The smallest absolute Gasteiger partial charge is 0.247 e. The van der Waals surface area contributed by atoms with Gasteiger partial charge < -0.3 is 14.2 Å². The van der Waals surface area contributed by atoms with Crippen LogP contribution < -0.4 is 5.14 Å². The highest BCUT2D eigenvalue weighted by Crippen LogP contribution is 2.32. The molecule has 0 aliphatic rings. The van der Waals surface area contributed by atoms with Gasteiger partial charge in [-0.2, -0.15) is 0 Å². The Morgan fingerprint density at radius 1 is 1.53 bits per heavy atom. The van der Waals surface area contributed by atoms with Crippen LogP contribution in [0.15, 0.2) is 15.2 Å². The molecule has 0 saturated heterocycles. The lowest BCUT2D eigenvalue weighted by atomic mass is 10.5. The molecule has 1 rings (SSSR count). The quantitative estimate of drug-likeness (QED) is 0.443. The third-order valence-electron chi connectivity index (χ3n) is 2.20. The van der Waals surface area contributed by atoms with Gasteiger partial charge in [0.15, 0.2) is 6.29 Å². The molecule has 9 heteroatoms. The topological polar surface area (TPSA) is 87.8 Å². The van der Waals surface area contributed by atoms with Gasteiger partial charge in [-0.05, 0) is 19.2 Å². The fraction of sp³-hybridized carbons (Fsp3) is 0.600. The zero-order valence-electron chi connectivity index (χ0n) is 10.9. The molecule has 0 aromatic carbocycles. The molecule has 1 aromatic rings. The molecule has 0 fully saturated rings. The van der Waals surface area contributed by atoms with Crippen LogP contribution in [0.1, 0.15) is 11.8 Å². The molecule has 2 N–H and O–H groups in total. The van der Waals surface area contributed by atoms with Gasteiger partial charge in [0, 0.05) is 16.9 Å². The van der Waals surface area contributed by atoms with Crippen molar-refractivity contribution in [3.8, 4) is 0 Å². The van der Waals surface area contributed by atoms with E-state index >= 15 is 0 Å². The van der Waals surface area contributed by atoms with Gasteiger partial charge in [0.2, 0.25) is 10.0 Å². The van der Waals surface area contributed by atoms with Crippen molar-refractivity contribution in [1.29, 1.82) is 0 Å². The van der Waals surface area contributed by atoms with Crippen molar-refractivity contribution in [1.82, 2.24) is 0 Å². The standard InChI is InChI=1S/C10H17NO5S3/c1-7(14-2)16-6-15-5-9-8(17-3)4-10(18-9)19(11,12)13/h4,7H,5-6H2,1-3H3,(H2,11,12,13). The number of ether oxygens (including phenoxy) is 3. The van der Waals surface area contributed by atoms with E-state index in [4.69, 9.17) is 19.3 Å². The Morgan fingerprint density at radius 2 is 2.21 bits per heavy atom. The number of rotatable bonds is 8. The maximum absolute atomic E-state index is 11.3. The summed E-state index contributed by atoms with van der Waals surface area (Å²) in [6, 6.07) is 1.56. The molecule has 0 aliphatic heterocycles. The summed E-state index contributed by atoms with van der Waals surface area (Å²) >= 11 is 2.56. The highest BCUT2D eigenvalue weighted by atomic mass is 32.2. The zero-order chi connectivity index (χ0) is 14.5. The van der Waals surface area contributed by atoms with Crippen LogP contribution in [0.25, 0.3) is 0 Å². The fourth-order valence-corrected chi connectivity index (χ4v) is 3.97. The van der Waals surface area contributed by atoms with Gasteiger partial charge in [-0.1, -0.05) is 0 Å². The molecule has 0 amide bonds. The second kappa shape index (κ2) is 7.58. The zero-order valence-corrected chi connectivity index (χ0v) is 13.4. The molecule has 0 bridgehead atoms. The molecule has 1 aromatic heterocycles. The Balaban J connectivity index is 2.60. The highest BCUT2D eigenvalue weighted by Gasteiger charge is 2.16. The summed E-state index contributed by atoms with van der Waals surface area (Å²) in [6.45, 7) is 2.10. The summed E-state index contributed by atoms with van der Waals surface area (Å²) in [5, 5.41) is 5.10. The first-order chi connectivity index (χ1) is 8.88. The number of sulfonamides is 1. The van der Waals surface area contributed by atoms with Gasteiger partial charge in [0.25, 0.3) is 0 Å². The van der Waals surface area contributed by atoms with E-state index in [2.05, 4.69) is 0 Å². The Labute approximate surface area is 121 Å². The second-order valence-electron chi connectivity index (χ2n) is 3.54. The molecule has 0 aliphatic carbocycles. The number of primary sulfonamides is 1. The van der Waals surface area contributed by atoms with Crippen molar-refractivity contribution < 1.29 is 22.6 Å². The monoisotopic (exact) mass is 327 g/mol. The van der Waals surface area contributed by atoms with Crippen molar-refractivity contribution in [3.63, 3.8) is 0 Å². The SMILES string of the molecule is COC(C)OCOCc1sc(S(N)(=O)=O)cc1SC. The minimum absolute atomic E-state index is 0.0748. The van der Waals surface area contributed by atoms with Gasteiger partial charge in [0.1, 0.15) is 11.0 Å². The molecular formula is C10H17NO5S3. The summed E-state index contributed by atoms with van der Waals surface area (Å²) in [7, 11) is -2.13. The minimum Gasteiger partial charge on any atom is -0.356 e.